The maximum atomic E-state index is 12.2. The molecule has 5 heteroatoms. The van der Waals surface area contributed by atoms with Crippen molar-refractivity contribution >= 4 is 17.1 Å². The summed E-state index contributed by atoms with van der Waals surface area (Å²) in [4.78, 5) is 21.2. The van der Waals surface area contributed by atoms with Crippen molar-refractivity contribution in [3.05, 3.63) is 89.9 Å². The van der Waals surface area contributed by atoms with Crippen molar-refractivity contribution in [2.24, 2.45) is 0 Å². The van der Waals surface area contributed by atoms with Gasteiger partial charge in [0.15, 0.2) is 5.65 Å². The number of rotatable bonds is 5. The van der Waals surface area contributed by atoms with Gasteiger partial charge in [0.05, 0.1) is 6.42 Å². The number of benzene rings is 2. The first-order valence-corrected chi connectivity index (χ1v) is 8.91. The SMILES string of the molecule is Cc1nc2cccnc2n1-c1ccc(CC(=O)NCc2ccccc2)cc1. The lowest BCUT2D eigenvalue weighted by molar-refractivity contribution is -0.120. The van der Waals surface area contributed by atoms with Crippen LogP contribution in [-0.4, -0.2) is 20.4 Å². The van der Waals surface area contributed by atoms with Crippen molar-refractivity contribution in [2.75, 3.05) is 0 Å². The Balaban J connectivity index is 1.46. The highest BCUT2D eigenvalue weighted by Gasteiger charge is 2.10. The van der Waals surface area contributed by atoms with Gasteiger partial charge in [0, 0.05) is 18.4 Å². The summed E-state index contributed by atoms with van der Waals surface area (Å²) < 4.78 is 2.02. The molecule has 5 nitrogen and oxygen atoms in total. The summed E-state index contributed by atoms with van der Waals surface area (Å²) >= 11 is 0. The van der Waals surface area contributed by atoms with Gasteiger partial charge in [0.2, 0.25) is 5.91 Å². The molecule has 0 saturated carbocycles. The zero-order chi connectivity index (χ0) is 18.6. The Morgan fingerprint density at radius 3 is 2.52 bits per heavy atom. The van der Waals surface area contributed by atoms with Crippen LogP contribution in [0.3, 0.4) is 0 Å². The lowest BCUT2D eigenvalue weighted by Gasteiger charge is -2.08. The molecular weight excluding hydrogens is 336 g/mol. The monoisotopic (exact) mass is 356 g/mol. The second kappa shape index (κ2) is 7.41. The number of carbonyl (C=O) groups excluding carboxylic acids is 1. The van der Waals surface area contributed by atoms with Crippen LogP contribution in [0.25, 0.3) is 16.9 Å². The van der Waals surface area contributed by atoms with Crippen molar-refractivity contribution in [1.29, 1.82) is 0 Å². The smallest absolute Gasteiger partial charge is 0.224 e. The zero-order valence-corrected chi connectivity index (χ0v) is 15.1. The van der Waals surface area contributed by atoms with Gasteiger partial charge in [-0.1, -0.05) is 42.5 Å². The molecule has 0 atom stereocenters. The van der Waals surface area contributed by atoms with E-state index in [-0.39, 0.29) is 5.91 Å². The summed E-state index contributed by atoms with van der Waals surface area (Å²) in [5, 5.41) is 2.96. The van der Waals surface area contributed by atoms with Crippen molar-refractivity contribution in [3.63, 3.8) is 0 Å². The summed E-state index contributed by atoms with van der Waals surface area (Å²) in [7, 11) is 0. The minimum atomic E-state index is 0.0116. The summed E-state index contributed by atoms with van der Waals surface area (Å²) in [5.74, 6) is 0.898. The van der Waals surface area contributed by atoms with Gasteiger partial charge in [-0.2, -0.15) is 0 Å². The summed E-state index contributed by atoms with van der Waals surface area (Å²) in [6, 6.07) is 21.7. The van der Waals surface area contributed by atoms with E-state index in [9.17, 15) is 4.79 Å². The lowest BCUT2D eigenvalue weighted by Crippen LogP contribution is -2.24. The Bertz CT molecular complexity index is 1070. The normalized spacial score (nSPS) is 10.9. The third-order valence-electron chi connectivity index (χ3n) is 4.48. The predicted octanol–water partition coefficient (Wildman–Crippen LogP) is 3.59. The third-order valence-corrected chi connectivity index (χ3v) is 4.48. The molecule has 0 unspecified atom stereocenters. The largest absolute Gasteiger partial charge is 0.352 e. The van der Waals surface area contributed by atoms with Crippen LogP contribution in [0.2, 0.25) is 0 Å². The number of pyridine rings is 1. The van der Waals surface area contributed by atoms with Gasteiger partial charge in [0.25, 0.3) is 0 Å². The third kappa shape index (κ3) is 3.72. The fraction of sp³-hybridized carbons (Fsp3) is 0.136. The van der Waals surface area contributed by atoms with Gasteiger partial charge in [0.1, 0.15) is 11.3 Å². The first kappa shape index (κ1) is 17.0. The summed E-state index contributed by atoms with van der Waals surface area (Å²) in [6.45, 7) is 2.51. The minimum Gasteiger partial charge on any atom is -0.352 e. The summed E-state index contributed by atoms with van der Waals surface area (Å²) in [6.07, 6.45) is 2.13. The fourth-order valence-corrected chi connectivity index (χ4v) is 3.14. The van der Waals surface area contributed by atoms with Crippen molar-refractivity contribution in [1.82, 2.24) is 19.9 Å². The highest BCUT2D eigenvalue weighted by Crippen LogP contribution is 2.19. The molecule has 0 saturated heterocycles. The van der Waals surface area contributed by atoms with Crippen molar-refractivity contribution in [2.45, 2.75) is 19.9 Å². The molecule has 27 heavy (non-hydrogen) atoms. The molecule has 0 aliphatic carbocycles. The molecule has 0 aliphatic heterocycles. The van der Waals surface area contributed by atoms with Gasteiger partial charge in [-0.15, -0.1) is 0 Å². The molecule has 0 bridgehead atoms. The van der Waals surface area contributed by atoms with E-state index < -0.39 is 0 Å². The molecule has 134 valence electrons. The molecular formula is C22H20N4O. The Hall–Kier alpha value is -3.47. The van der Waals surface area contributed by atoms with Gasteiger partial charge < -0.3 is 5.32 Å². The second-order valence-electron chi connectivity index (χ2n) is 6.45. The Morgan fingerprint density at radius 1 is 0.963 bits per heavy atom. The maximum Gasteiger partial charge on any atom is 0.224 e. The number of imidazole rings is 1. The highest BCUT2D eigenvalue weighted by atomic mass is 16.1. The van der Waals surface area contributed by atoms with E-state index >= 15 is 0 Å². The topological polar surface area (TPSA) is 59.8 Å². The highest BCUT2D eigenvalue weighted by molar-refractivity contribution is 5.78. The second-order valence-corrected chi connectivity index (χ2v) is 6.45. The molecule has 1 amide bonds. The molecule has 0 spiro atoms. The van der Waals surface area contributed by atoms with Crippen LogP contribution in [-0.2, 0) is 17.8 Å². The molecule has 4 aromatic rings. The van der Waals surface area contributed by atoms with Gasteiger partial charge in [-0.3, -0.25) is 9.36 Å². The lowest BCUT2D eigenvalue weighted by atomic mass is 10.1. The molecule has 2 aromatic carbocycles. The molecule has 1 N–H and O–H groups in total. The maximum absolute atomic E-state index is 12.2. The quantitative estimate of drug-likeness (QED) is 0.594. The number of nitrogens with one attached hydrogen (secondary N) is 1. The number of carbonyl (C=O) groups is 1. The first-order chi connectivity index (χ1) is 13.2. The number of aryl methyl sites for hydroxylation is 1. The van der Waals surface area contributed by atoms with Crippen molar-refractivity contribution < 1.29 is 4.79 Å². The van der Waals surface area contributed by atoms with Crippen LogP contribution in [0.5, 0.6) is 0 Å². The number of hydrogen-bond acceptors (Lipinski definition) is 3. The number of aromatic nitrogens is 3. The van der Waals surface area contributed by atoms with Crippen molar-refractivity contribution in [3.8, 4) is 5.69 Å². The van der Waals surface area contributed by atoms with Crippen LogP contribution in [0.4, 0.5) is 0 Å². The number of nitrogens with zero attached hydrogens (tertiary/aromatic N) is 3. The average molecular weight is 356 g/mol. The molecule has 0 aliphatic rings. The van der Waals surface area contributed by atoms with E-state index in [4.69, 9.17) is 0 Å². The van der Waals surface area contributed by atoms with E-state index in [1.54, 1.807) is 6.20 Å². The number of fused-ring (bicyclic) bond motifs is 1. The van der Waals surface area contributed by atoms with E-state index in [2.05, 4.69) is 15.3 Å². The Morgan fingerprint density at radius 2 is 1.74 bits per heavy atom. The standard InChI is InChI=1S/C22H20N4O/c1-16-25-20-8-5-13-23-22(20)26(16)19-11-9-17(10-12-19)14-21(27)24-15-18-6-3-2-4-7-18/h2-13H,14-15H2,1H3,(H,24,27). The average Bonchev–Trinajstić information content (AvgIpc) is 3.04. The van der Waals surface area contributed by atoms with E-state index in [0.717, 1.165) is 33.8 Å². The minimum absolute atomic E-state index is 0.0116. The number of hydrogen-bond donors (Lipinski definition) is 1. The molecule has 0 fully saturated rings. The number of amides is 1. The molecule has 0 radical (unpaired) electrons. The van der Waals surface area contributed by atoms with E-state index in [1.165, 1.54) is 0 Å². The Labute approximate surface area is 157 Å². The van der Waals surface area contributed by atoms with E-state index in [0.29, 0.717) is 13.0 Å². The Kier molecular flexibility index (Phi) is 4.66. The van der Waals surface area contributed by atoms with Crippen LogP contribution in [0.15, 0.2) is 72.9 Å². The van der Waals surface area contributed by atoms with Gasteiger partial charge in [-0.25, -0.2) is 9.97 Å². The zero-order valence-electron chi connectivity index (χ0n) is 15.1. The summed E-state index contributed by atoms with van der Waals surface area (Å²) in [5.41, 5.74) is 4.76. The molecule has 2 heterocycles. The predicted molar refractivity (Wildman–Crippen MR) is 106 cm³/mol. The van der Waals surface area contributed by atoms with Gasteiger partial charge >= 0.3 is 0 Å². The molecule has 2 aromatic heterocycles. The van der Waals surface area contributed by atoms with Crippen LogP contribution in [0, 0.1) is 6.92 Å². The van der Waals surface area contributed by atoms with Crippen LogP contribution < -0.4 is 5.32 Å². The van der Waals surface area contributed by atoms with Gasteiger partial charge in [-0.05, 0) is 42.3 Å². The molecule has 4 rings (SSSR count). The first-order valence-electron chi connectivity index (χ1n) is 8.91. The van der Waals surface area contributed by atoms with Crippen LogP contribution in [0.1, 0.15) is 17.0 Å². The fourth-order valence-electron chi connectivity index (χ4n) is 3.14. The van der Waals surface area contributed by atoms with E-state index in [1.807, 2.05) is 78.2 Å². The van der Waals surface area contributed by atoms with Crippen LogP contribution >= 0.6 is 0 Å².